The van der Waals surface area contributed by atoms with Crippen molar-refractivity contribution in [3.8, 4) is 0 Å². The van der Waals surface area contributed by atoms with Crippen molar-refractivity contribution in [1.29, 1.82) is 0 Å². The molecule has 1 amide bonds. The number of hydrogen-bond acceptors (Lipinski definition) is 3. The molecular formula is C15H23N3O. The first kappa shape index (κ1) is 13.9. The van der Waals surface area contributed by atoms with Gasteiger partial charge in [-0.25, -0.2) is 0 Å². The largest absolute Gasteiger partial charge is 0.333 e. The Balaban J connectivity index is 2.33. The molecule has 104 valence electrons. The maximum Gasteiger partial charge on any atom is 0.256 e. The number of nitrogen functional groups attached to an aromatic ring is 1. The van der Waals surface area contributed by atoms with Crippen molar-refractivity contribution in [1.82, 2.24) is 4.90 Å². The molecule has 0 bridgehead atoms. The number of benzene rings is 1. The molecule has 0 aromatic heterocycles. The molecule has 0 aliphatic carbocycles. The Morgan fingerprint density at radius 1 is 1.47 bits per heavy atom. The molecule has 1 fully saturated rings. The molecule has 4 nitrogen and oxygen atoms in total. The number of hydrazine groups is 1. The number of carbonyl (C=O) groups excluding carboxylic acids is 1. The van der Waals surface area contributed by atoms with Crippen LogP contribution in [0, 0.1) is 6.92 Å². The number of carbonyl (C=O) groups is 1. The molecule has 2 unspecified atom stereocenters. The van der Waals surface area contributed by atoms with Crippen LogP contribution < -0.4 is 11.3 Å². The van der Waals surface area contributed by atoms with E-state index >= 15 is 0 Å². The Labute approximate surface area is 114 Å². The lowest BCUT2D eigenvalue weighted by Crippen LogP contribution is -2.40. The minimum Gasteiger partial charge on any atom is -0.333 e. The fourth-order valence-corrected chi connectivity index (χ4v) is 2.94. The average molecular weight is 261 g/mol. The van der Waals surface area contributed by atoms with Crippen LogP contribution in [-0.4, -0.2) is 22.9 Å². The van der Waals surface area contributed by atoms with Gasteiger partial charge >= 0.3 is 0 Å². The molecule has 3 N–H and O–H groups in total. The minimum atomic E-state index is 0.0878. The lowest BCUT2D eigenvalue weighted by atomic mass is 10.1. The van der Waals surface area contributed by atoms with Gasteiger partial charge in [-0.05, 0) is 50.8 Å². The molecule has 4 heteroatoms. The van der Waals surface area contributed by atoms with E-state index in [0.29, 0.717) is 23.3 Å². The number of aryl methyl sites for hydroxylation is 1. The summed E-state index contributed by atoms with van der Waals surface area (Å²) in [4.78, 5) is 14.8. The Hall–Kier alpha value is -1.55. The maximum atomic E-state index is 12.7. The van der Waals surface area contributed by atoms with E-state index in [1.54, 1.807) is 0 Å². The summed E-state index contributed by atoms with van der Waals surface area (Å²) in [5.41, 5.74) is 5.10. The molecular weight excluding hydrogens is 238 g/mol. The average Bonchev–Trinajstić information content (AvgIpc) is 2.78. The van der Waals surface area contributed by atoms with E-state index in [2.05, 4.69) is 19.3 Å². The van der Waals surface area contributed by atoms with Gasteiger partial charge in [-0.1, -0.05) is 13.0 Å². The second-order valence-corrected chi connectivity index (χ2v) is 5.39. The van der Waals surface area contributed by atoms with Crippen molar-refractivity contribution >= 4 is 11.6 Å². The van der Waals surface area contributed by atoms with Crippen LogP contribution in [0.25, 0.3) is 0 Å². The standard InChI is InChI=1S/C15H23N3O/c1-4-12-7-6-11(3)18(12)15(19)13-8-5-10(2)9-14(13)17-16/h5,8-9,11-12,17H,4,6-7,16H2,1-3H3. The summed E-state index contributed by atoms with van der Waals surface area (Å²) in [6, 6.07) is 6.40. The van der Waals surface area contributed by atoms with Gasteiger partial charge in [0.2, 0.25) is 0 Å². The van der Waals surface area contributed by atoms with Gasteiger partial charge in [-0.3, -0.25) is 10.6 Å². The van der Waals surface area contributed by atoms with Crippen LogP contribution in [-0.2, 0) is 0 Å². The third-order valence-corrected chi connectivity index (χ3v) is 4.05. The zero-order valence-corrected chi connectivity index (χ0v) is 11.9. The van der Waals surface area contributed by atoms with E-state index in [0.717, 1.165) is 24.8 Å². The monoisotopic (exact) mass is 261 g/mol. The number of hydrogen-bond donors (Lipinski definition) is 2. The maximum absolute atomic E-state index is 12.7. The van der Waals surface area contributed by atoms with Gasteiger partial charge in [0.05, 0.1) is 11.3 Å². The van der Waals surface area contributed by atoms with E-state index in [9.17, 15) is 4.79 Å². The topological polar surface area (TPSA) is 58.4 Å². The summed E-state index contributed by atoms with van der Waals surface area (Å²) in [7, 11) is 0. The molecule has 1 aliphatic heterocycles. The van der Waals surface area contributed by atoms with Crippen molar-refractivity contribution < 1.29 is 4.79 Å². The zero-order valence-electron chi connectivity index (χ0n) is 11.9. The molecule has 0 saturated carbocycles. The molecule has 19 heavy (non-hydrogen) atoms. The molecule has 1 saturated heterocycles. The SMILES string of the molecule is CCC1CCC(C)N1C(=O)c1ccc(C)cc1NN. The van der Waals surface area contributed by atoms with Crippen LogP contribution >= 0.6 is 0 Å². The van der Waals surface area contributed by atoms with Gasteiger partial charge in [-0.15, -0.1) is 0 Å². The van der Waals surface area contributed by atoms with Crippen LogP contribution in [0.15, 0.2) is 18.2 Å². The Bertz CT molecular complexity index is 472. The predicted molar refractivity (Wildman–Crippen MR) is 77.9 cm³/mol. The minimum absolute atomic E-state index is 0.0878. The van der Waals surface area contributed by atoms with E-state index < -0.39 is 0 Å². The summed E-state index contributed by atoms with van der Waals surface area (Å²) in [5.74, 6) is 5.62. The molecule has 1 aromatic carbocycles. The van der Waals surface area contributed by atoms with Crippen LogP contribution in [0.3, 0.4) is 0 Å². The first-order valence-electron chi connectivity index (χ1n) is 6.98. The van der Waals surface area contributed by atoms with E-state index in [1.165, 1.54) is 0 Å². The van der Waals surface area contributed by atoms with E-state index in [4.69, 9.17) is 5.84 Å². The van der Waals surface area contributed by atoms with Gasteiger partial charge in [-0.2, -0.15) is 0 Å². The van der Waals surface area contributed by atoms with Crippen molar-refractivity contribution in [2.75, 3.05) is 5.43 Å². The Morgan fingerprint density at radius 2 is 2.21 bits per heavy atom. The number of likely N-dealkylation sites (tertiary alicyclic amines) is 1. The Kier molecular flexibility index (Phi) is 4.10. The van der Waals surface area contributed by atoms with E-state index in [-0.39, 0.29) is 5.91 Å². The van der Waals surface area contributed by atoms with Crippen molar-refractivity contribution in [3.63, 3.8) is 0 Å². The molecule has 0 radical (unpaired) electrons. The number of rotatable bonds is 3. The molecule has 0 spiro atoms. The van der Waals surface area contributed by atoms with Gasteiger partial charge in [0.15, 0.2) is 0 Å². The fourth-order valence-electron chi connectivity index (χ4n) is 2.94. The third kappa shape index (κ3) is 2.59. The Morgan fingerprint density at radius 3 is 2.84 bits per heavy atom. The molecule has 1 heterocycles. The quantitative estimate of drug-likeness (QED) is 0.649. The number of nitrogens with zero attached hydrogens (tertiary/aromatic N) is 1. The number of nitrogens with one attached hydrogen (secondary N) is 1. The van der Waals surface area contributed by atoms with Crippen LogP contribution in [0.1, 0.15) is 49.0 Å². The van der Waals surface area contributed by atoms with Crippen LogP contribution in [0.2, 0.25) is 0 Å². The molecule has 1 aliphatic rings. The van der Waals surface area contributed by atoms with Crippen molar-refractivity contribution in [3.05, 3.63) is 29.3 Å². The van der Waals surface area contributed by atoms with Crippen LogP contribution in [0.4, 0.5) is 5.69 Å². The summed E-state index contributed by atoms with van der Waals surface area (Å²) < 4.78 is 0. The molecule has 2 atom stereocenters. The highest BCUT2D eigenvalue weighted by molar-refractivity contribution is 6.00. The lowest BCUT2D eigenvalue weighted by molar-refractivity contribution is 0.0677. The zero-order chi connectivity index (χ0) is 14.0. The van der Waals surface area contributed by atoms with Crippen LogP contribution in [0.5, 0.6) is 0 Å². The van der Waals surface area contributed by atoms with Gasteiger partial charge in [0.25, 0.3) is 5.91 Å². The summed E-state index contributed by atoms with van der Waals surface area (Å²) in [5, 5.41) is 0. The van der Waals surface area contributed by atoms with Crippen molar-refractivity contribution in [2.45, 2.75) is 52.1 Å². The van der Waals surface area contributed by atoms with Crippen molar-refractivity contribution in [2.24, 2.45) is 5.84 Å². The first-order chi connectivity index (χ1) is 9.08. The summed E-state index contributed by atoms with van der Waals surface area (Å²) >= 11 is 0. The number of anilines is 1. The fraction of sp³-hybridized carbons (Fsp3) is 0.533. The number of amides is 1. The highest BCUT2D eigenvalue weighted by atomic mass is 16.2. The lowest BCUT2D eigenvalue weighted by Gasteiger charge is -2.28. The first-order valence-corrected chi connectivity index (χ1v) is 6.98. The normalized spacial score (nSPS) is 22.6. The van der Waals surface area contributed by atoms with Gasteiger partial charge < -0.3 is 10.3 Å². The van der Waals surface area contributed by atoms with Gasteiger partial charge in [0, 0.05) is 12.1 Å². The van der Waals surface area contributed by atoms with Gasteiger partial charge in [0.1, 0.15) is 0 Å². The molecule has 2 rings (SSSR count). The third-order valence-electron chi connectivity index (χ3n) is 4.05. The molecule has 1 aromatic rings. The second kappa shape index (κ2) is 5.61. The highest BCUT2D eigenvalue weighted by Crippen LogP contribution is 2.29. The predicted octanol–water partition coefficient (Wildman–Crippen LogP) is 2.68. The second-order valence-electron chi connectivity index (χ2n) is 5.39. The smallest absolute Gasteiger partial charge is 0.256 e. The summed E-state index contributed by atoms with van der Waals surface area (Å²) in [6.45, 7) is 6.25. The van der Waals surface area contributed by atoms with E-state index in [1.807, 2.05) is 30.0 Å². The highest BCUT2D eigenvalue weighted by Gasteiger charge is 2.34. The number of nitrogens with two attached hydrogens (primary N) is 1. The summed E-state index contributed by atoms with van der Waals surface area (Å²) in [6.07, 6.45) is 3.19.